The van der Waals surface area contributed by atoms with E-state index in [2.05, 4.69) is 10.1 Å². The van der Waals surface area contributed by atoms with E-state index in [9.17, 15) is 4.79 Å². The van der Waals surface area contributed by atoms with Gasteiger partial charge in [0.25, 0.3) is 0 Å². The van der Waals surface area contributed by atoms with Crippen molar-refractivity contribution in [3.63, 3.8) is 0 Å². The fraction of sp³-hybridized carbons (Fsp3) is 0.500. The van der Waals surface area contributed by atoms with Crippen molar-refractivity contribution in [1.29, 1.82) is 0 Å². The second-order valence-electron chi connectivity index (χ2n) is 7.67. The summed E-state index contributed by atoms with van der Waals surface area (Å²) in [6.07, 6.45) is 0.374. The minimum Gasteiger partial charge on any atom is -0.486 e. The zero-order valence-corrected chi connectivity index (χ0v) is 14.7. The maximum Gasteiger partial charge on any atom is 0.232 e. The number of benzene rings is 1. The first kappa shape index (κ1) is 16.5. The number of aromatic nitrogens is 2. The van der Waals surface area contributed by atoms with E-state index < -0.39 is 5.60 Å². The summed E-state index contributed by atoms with van der Waals surface area (Å²) in [6.45, 7) is 10.00. The molecule has 1 aromatic carbocycles. The van der Waals surface area contributed by atoms with Gasteiger partial charge in [0.1, 0.15) is 17.1 Å². The molecule has 1 aliphatic heterocycles. The normalized spacial score (nSPS) is 16.5. The van der Waals surface area contributed by atoms with Gasteiger partial charge >= 0.3 is 0 Å². The van der Waals surface area contributed by atoms with Crippen molar-refractivity contribution < 1.29 is 18.8 Å². The lowest BCUT2D eigenvalue weighted by atomic mass is 9.93. The van der Waals surface area contributed by atoms with E-state index in [0.717, 1.165) is 0 Å². The SMILES string of the molecule is CC1(C)CC(=O)c2ccc(OCc3noc(C(C)(C)C)n3)cc2O1. The van der Waals surface area contributed by atoms with E-state index in [1.807, 2.05) is 34.6 Å². The first-order valence-electron chi connectivity index (χ1n) is 7.96. The number of Topliss-reactive ketones (excluding diaryl/α,β-unsaturated/α-hetero) is 1. The Bertz CT molecular complexity index is 772. The summed E-state index contributed by atoms with van der Waals surface area (Å²) in [5.74, 6) is 2.29. The van der Waals surface area contributed by atoms with Crippen LogP contribution in [0.5, 0.6) is 11.5 Å². The van der Waals surface area contributed by atoms with Gasteiger partial charge in [-0.1, -0.05) is 25.9 Å². The standard InChI is InChI=1S/C18H22N2O4/c1-17(2,3)16-19-15(20-24-16)10-22-11-6-7-12-13(21)9-18(4,5)23-14(12)8-11/h6-8H,9-10H2,1-5H3. The Morgan fingerprint density at radius 2 is 2.04 bits per heavy atom. The number of hydrogen-bond acceptors (Lipinski definition) is 6. The molecule has 6 nitrogen and oxygen atoms in total. The molecule has 0 aliphatic carbocycles. The molecule has 0 saturated heterocycles. The van der Waals surface area contributed by atoms with Gasteiger partial charge in [0, 0.05) is 11.5 Å². The van der Waals surface area contributed by atoms with Gasteiger partial charge in [0.2, 0.25) is 11.7 Å². The highest BCUT2D eigenvalue weighted by Crippen LogP contribution is 2.35. The van der Waals surface area contributed by atoms with E-state index in [1.165, 1.54) is 0 Å². The van der Waals surface area contributed by atoms with Crippen LogP contribution < -0.4 is 9.47 Å². The fourth-order valence-electron chi connectivity index (χ4n) is 2.49. The minimum atomic E-state index is -0.502. The Labute approximate surface area is 141 Å². The van der Waals surface area contributed by atoms with Crippen molar-refractivity contribution >= 4 is 5.78 Å². The Kier molecular flexibility index (Phi) is 3.86. The van der Waals surface area contributed by atoms with Crippen molar-refractivity contribution in [2.45, 2.75) is 58.7 Å². The van der Waals surface area contributed by atoms with Crippen LogP contribution in [0.25, 0.3) is 0 Å². The van der Waals surface area contributed by atoms with Gasteiger partial charge in [0.05, 0.1) is 12.0 Å². The van der Waals surface area contributed by atoms with Crippen LogP contribution >= 0.6 is 0 Å². The maximum atomic E-state index is 12.1. The summed E-state index contributed by atoms with van der Waals surface area (Å²) in [4.78, 5) is 16.5. The summed E-state index contributed by atoms with van der Waals surface area (Å²) in [7, 11) is 0. The molecular formula is C18H22N2O4. The van der Waals surface area contributed by atoms with Crippen LogP contribution in [0.1, 0.15) is 63.1 Å². The van der Waals surface area contributed by atoms with Gasteiger partial charge in [-0.05, 0) is 26.0 Å². The summed E-state index contributed by atoms with van der Waals surface area (Å²) in [5, 5.41) is 3.92. The molecule has 0 saturated carbocycles. The zero-order chi connectivity index (χ0) is 17.5. The summed E-state index contributed by atoms with van der Waals surface area (Å²) in [5.41, 5.74) is -0.106. The number of hydrogen-bond donors (Lipinski definition) is 0. The highest BCUT2D eigenvalue weighted by molar-refractivity contribution is 6.00. The highest BCUT2D eigenvalue weighted by Gasteiger charge is 2.32. The monoisotopic (exact) mass is 330 g/mol. The van der Waals surface area contributed by atoms with Gasteiger partial charge < -0.3 is 14.0 Å². The van der Waals surface area contributed by atoms with Crippen LogP contribution in [0.3, 0.4) is 0 Å². The number of ether oxygens (including phenoxy) is 2. The molecule has 0 unspecified atom stereocenters. The molecule has 1 aliphatic rings. The number of fused-ring (bicyclic) bond motifs is 1. The van der Waals surface area contributed by atoms with E-state index in [0.29, 0.717) is 35.2 Å². The number of rotatable bonds is 3. The Hall–Kier alpha value is -2.37. The van der Waals surface area contributed by atoms with E-state index in [-0.39, 0.29) is 17.8 Å². The quantitative estimate of drug-likeness (QED) is 0.854. The molecule has 0 amide bonds. The average molecular weight is 330 g/mol. The Morgan fingerprint density at radius 1 is 1.29 bits per heavy atom. The predicted octanol–water partition coefficient (Wildman–Crippen LogP) is 3.69. The van der Waals surface area contributed by atoms with Crippen molar-refractivity contribution in [2.24, 2.45) is 0 Å². The van der Waals surface area contributed by atoms with Crippen LogP contribution in [0, 0.1) is 0 Å². The largest absolute Gasteiger partial charge is 0.486 e. The first-order valence-corrected chi connectivity index (χ1v) is 7.96. The molecule has 0 radical (unpaired) electrons. The molecule has 2 heterocycles. The predicted molar refractivity (Wildman–Crippen MR) is 87.4 cm³/mol. The summed E-state index contributed by atoms with van der Waals surface area (Å²) in [6, 6.07) is 5.22. The van der Waals surface area contributed by atoms with E-state index in [4.69, 9.17) is 14.0 Å². The third-order valence-electron chi connectivity index (χ3n) is 3.70. The molecule has 3 rings (SSSR count). The minimum absolute atomic E-state index is 0.0841. The highest BCUT2D eigenvalue weighted by atomic mass is 16.5. The van der Waals surface area contributed by atoms with Crippen LogP contribution in [0.15, 0.2) is 22.7 Å². The lowest BCUT2D eigenvalue weighted by Gasteiger charge is -2.31. The summed E-state index contributed by atoms with van der Waals surface area (Å²) < 4.78 is 16.8. The van der Waals surface area contributed by atoms with Crippen molar-refractivity contribution in [3.05, 3.63) is 35.5 Å². The molecule has 0 N–H and O–H groups in total. The van der Waals surface area contributed by atoms with Gasteiger partial charge in [-0.15, -0.1) is 0 Å². The van der Waals surface area contributed by atoms with Crippen molar-refractivity contribution in [1.82, 2.24) is 10.1 Å². The van der Waals surface area contributed by atoms with E-state index in [1.54, 1.807) is 18.2 Å². The number of carbonyl (C=O) groups is 1. The molecular weight excluding hydrogens is 308 g/mol. The number of carbonyl (C=O) groups excluding carboxylic acids is 1. The number of nitrogens with zero attached hydrogens (tertiary/aromatic N) is 2. The van der Waals surface area contributed by atoms with Gasteiger partial charge in [-0.2, -0.15) is 4.98 Å². The zero-order valence-electron chi connectivity index (χ0n) is 14.7. The molecule has 0 atom stereocenters. The Morgan fingerprint density at radius 3 is 2.71 bits per heavy atom. The molecule has 1 aromatic heterocycles. The van der Waals surface area contributed by atoms with Crippen LogP contribution in [-0.2, 0) is 12.0 Å². The molecule has 0 fully saturated rings. The van der Waals surface area contributed by atoms with Crippen LogP contribution in [0.4, 0.5) is 0 Å². The smallest absolute Gasteiger partial charge is 0.232 e. The molecule has 128 valence electrons. The van der Waals surface area contributed by atoms with Gasteiger partial charge in [-0.25, -0.2) is 0 Å². The van der Waals surface area contributed by atoms with E-state index >= 15 is 0 Å². The maximum absolute atomic E-state index is 12.1. The van der Waals surface area contributed by atoms with Crippen molar-refractivity contribution in [2.75, 3.05) is 0 Å². The topological polar surface area (TPSA) is 74.5 Å². The molecule has 6 heteroatoms. The second kappa shape index (κ2) is 5.61. The van der Waals surface area contributed by atoms with Gasteiger partial charge in [0.15, 0.2) is 12.4 Å². The third-order valence-corrected chi connectivity index (χ3v) is 3.70. The second-order valence-corrected chi connectivity index (χ2v) is 7.67. The van der Waals surface area contributed by atoms with Crippen LogP contribution in [-0.4, -0.2) is 21.5 Å². The average Bonchev–Trinajstić information content (AvgIpc) is 2.92. The molecule has 2 aromatic rings. The third kappa shape index (κ3) is 3.42. The number of ketones is 1. The van der Waals surface area contributed by atoms with Gasteiger partial charge in [-0.3, -0.25) is 4.79 Å². The summed E-state index contributed by atoms with van der Waals surface area (Å²) >= 11 is 0. The molecule has 0 spiro atoms. The van der Waals surface area contributed by atoms with Crippen molar-refractivity contribution in [3.8, 4) is 11.5 Å². The lowest BCUT2D eigenvalue weighted by Crippen LogP contribution is -2.35. The first-order chi connectivity index (χ1) is 11.1. The lowest BCUT2D eigenvalue weighted by molar-refractivity contribution is 0.0618. The molecule has 24 heavy (non-hydrogen) atoms. The molecule has 0 bridgehead atoms. The Balaban J connectivity index is 1.73. The van der Waals surface area contributed by atoms with Crippen LogP contribution in [0.2, 0.25) is 0 Å². The fourth-order valence-corrected chi connectivity index (χ4v) is 2.49.